The molecule has 0 radical (unpaired) electrons. The van der Waals surface area contributed by atoms with Crippen molar-refractivity contribution in [2.75, 3.05) is 6.66 Å². The van der Waals surface area contributed by atoms with Crippen molar-refractivity contribution in [2.24, 2.45) is 0 Å². The molecule has 0 aliphatic rings. The second-order valence-electron chi connectivity index (χ2n) is 4.58. The molecule has 88 valence electrons. The van der Waals surface area contributed by atoms with Crippen LogP contribution in [0.1, 0.15) is 11.1 Å². The van der Waals surface area contributed by atoms with Gasteiger partial charge in [0.15, 0.2) is 0 Å². The van der Waals surface area contributed by atoms with Gasteiger partial charge in [0.05, 0.1) is 7.14 Å². The molecule has 0 spiro atoms. The van der Waals surface area contributed by atoms with Crippen molar-refractivity contribution < 1.29 is 4.57 Å². The second-order valence-corrected chi connectivity index (χ2v) is 7.81. The Balaban J connectivity index is 2.07. The van der Waals surface area contributed by atoms with Crippen LogP contribution in [0, 0.1) is 0 Å². The van der Waals surface area contributed by atoms with Crippen LogP contribution in [0.2, 0.25) is 0 Å². The maximum absolute atomic E-state index is 12.6. The number of rotatable bonds is 4. The van der Waals surface area contributed by atoms with Gasteiger partial charge >= 0.3 is 0 Å². The lowest BCUT2D eigenvalue weighted by atomic mass is 10.2. The van der Waals surface area contributed by atoms with Crippen molar-refractivity contribution in [1.29, 1.82) is 0 Å². The molecule has 17 heavy (non-hydrogen) atoms. The molecule has 1 nitrogen and oxygen atoms in total. The molecular weight excluding hydrogens is 227 g/mol. The minimum atomic E-state index is -2.14. The highest BCUT2D eigenvalue weighted by molar-refractivity contribution is 7.61. The largest absolute Gasteiger partial charge is 0.323 e. The van der Waals surface area contributed by atoms with E-state index >= 15 is 0 Å². The lowest BCUT2D eigenvalue weighted by molar-refractivity contribution is 0.577. The fourth-order valence-corrected chi connectivity index (χ4v) is 4.07. The van der Waals surface area contributed by atoms with Gasteiger partial charge in [-0.2, -0.15) is 0 Å². The Bertz CT molecular complexity index is 459. The van der Waals surface area contributed by atoms with Crippen molar-refractivity contribution in [1.82, 2.24) is 0 Å². The lowest BCUT2D eigenvalue weighted by Gasteiger charge is -2.13. The standard InChI is InChI=1S/C15H17OP/c1-17(16,12-14-8-4-2-5-9-14)13-15-10-6-3-7-11-15/h2-11H,12-13H2,1H3. The van der Waals surface area contributed by atoms with Crippen molar-refractivity contribution in [3.05, 3.63) is 71.8 Å². The molecule has 0 fully saturated rings. The fourth-order valence-electron chi connectivity index (χ4n) is 2.00. The quantitative estimate of drug-likeness (QED) is 0.729. The average Bonchev–Trinajstić information content (AvgIpc) is 2.30. The summed E-state index contributed by atoms with van der Waals surface area (Å²) in [5.41, 5.74) is 2.32. The van der Waals surface area contributed by atoms with Crippen LogP contribution in [-0.4, -0.2) is 6.66 Å². The van der Waals surface area contributed by atoms with Gasteiger partial charge in [0.25, 0.3) is 0 Å². The zero-order chi connectivity index (χ0) is 12.1. The molecule has 2 aromatic rings. The summed E-state index contributed by atoms with van der Waals surface area (Å²) in [7, 11) is -2.14. The molecule has 0 bridgehead atoms. The predicted molar refractivity (Wildman–Crippen MR) is 73.8 cm³/mol. The third-order valence-electron chi connectivity index (χ3n) is 2.72. The predicted octanol–water partition coefficient (Wildman–Crippen LogP) is 4.38. The van der Waals surface area contributed by atoms with Gasteiger partial charge in [-0.05, 0) is 17.8 Å². The number of hydrogen-bond acceptors (Lipinski definition) is 1. The van der Waals surface area contributed by atoms with Gasteiger partial charge in [-0.15, -0.1) is 0 Å². The van der Waals surface area contributed by atoms with E-state index in [2.05, 4.69) is 0 Å². The Hall–Kier alpha value is -1.33. The van der Waals surface area contributed by atoms with Crippen molar-refractivity contribution in [3.8, 4) is 0 Å². The summed E-state index contributed by atoms with van der Waals surface area (Å²) in [4.78, 5) is 0. The van der Waals surface area contributed by atoms with E-state index < -0.39 is 7.14 Å². The average molecular weight is 244 g/mol. The molecule has 2 aromatic carbocycles. The first kappa shape index (κ1) is 12.1. The topological polar surface area (TPSA) is 17.1 Å². The summed E-state index contributed by atoms with van der Waals surface area (Å²) >= 11 is 0. The van der Waals surface area contributed by atoms with E-state index in [0.29, 0.717) is 12.3 Å². The maximum Gasteiger partial charge on any atom is 0.0931 e. The third-order valence-corrected chi connectivity index (χ3v) is 4.79. The first-order chi connectivity index (χ1) is 8.16. The van der Waals surface area contributed by atoms with Crippen LogP contribution in [-0.2, 0) is 16.9 Å². The Morgan fingerprint density at radius 2 is 1.12 bits per heavy atom. The zero-order valence-corrected chi connectivity index (χ0v) is 10.9. The van der Waals surface area contributed by atoms with E-state index in [9.17, 15) is 4.57 Å². The second kappa shape index (κ2) is 5.33. The van der Waals surface area contributed by atoms with E-state index in [1.165, 1.54) is 0 Å². The molecule has 0 atom stereocenters. The van der Waals surface area contributed by atoms with Gasteiger partial charge in [0.1, 0.15) is 0 Å². The van der Waals surface area contributed by atoms with E-state index in [4.69, 9.17) is 0 Å². The molecule has 2 heteroatoms. The molecule has 0 saturated carbocycles. The first-order valence-electron chi connectivity index (χ1n) is 5.79. The summed E-state index contributed by atoms with van der Waals surface area (Å²) in [5.74, 6) is 0. The van der Waals surface area contributed by atoms with E-state index in [-0.39, 0.29) is 0 Å². The summed E-state index contributed by atoms with van der Waals surface area (Å²) < 4.78 is 12.6. The zero-order valence-electron chi connectivity index (χ0n) is 10.0. The first-order valence-corrected chi connectivity index (χ1v) is 8.32. The minimum absolute atomic E-state index is 0.683. The molecular formula is C15H17OP. The third kappa shape index (κ3) is 3.87. The molecule has 0 saturated heterocycles. The summed E-state index contributed by atoms with van der Waals surface area (Å²) in [6, 6.07) is 20.1. The van der Waals surface area contributed by atoms with Crippen LogP contribution in [0.15, 0.2) is 60.7 Å². The number of hydrogen-bond donors (Lipinski definition) is 0. The van der Waals surface area contributed by atoms with Crippen molar-refractivity contribution in [2.45, 2.75) is 12.3 Å². The molecule has 2 rings (SSSR count). The highest BCUT2D eigenvalue weighted by atomic mass is 31.2. The van der Waals surface area contributed by atoms with Crippen molar-refractivity contribution in [3.63, 3.8) is 0 Å². The van der Waals surface area contributed by atoms with Gasteiger partial charge in [-0.25, -0.2) is 0 Å². The van der Waals surface area contributed by atoms with Gasteiger partial charge < -0.3 is 4.57 Å². The minimum Gasteiger partial charge on any atom is -0.323 e. The smallest absolute Gasteiger partial charge is 0.0931 e. The monoisotopic (exact) mass is 244 g/mol. The van der Waals surface area contributed by atoms with Crippen molar-refractivity contribution >= 4 is 7.14 Å². The molecule has 0 aromatic heterocycles. The Kier molecular flexibility index (Phi) is 3.81. The van der Waals surface area contributed by atoms with Crippen LogP contribution < -0.4 is 0 Å². The van der Waals surface area contributed by atoms with Gasteiger partial charge in [0, 0.05) is 12.3 Å². The summed E-state index contributed by atoms with van der Waals surface area (Å²) in [6.07, 6.45) is 1.37. The van der Waals surface area contributed by atoms with E-state index in [0.717, 1.165) is 11.1 Å². The Labute approximate surface area is 103 Å². The molecule has 0 aliphatic heterocycles. The summed E-state index contributed by atoms with van der Waals surface area (Å²) in [6.45, 7) is 1.90. The van der Waals surface area contributed by atoms with Crippen LogP contribution in [0.5, 0.6) is 0 Å². The van der Waals surface area contributed by atoms with Crippen LogP contribution in [0.3, 0.4) is 0 Å². The van der Waals surface area contributed by atoms with Gasteiger partial charge in [-0.1, -0.05) is 60.7 Å². The molecule has 0 heterocycles. The number of benzene rings is 2. The van der Waals surface area contributed by atoms with Crippen LogP contribution in [0.25, 0.3) is 0 Å². The molecule has 0 amide bonds. The van der Waals surface area contributed by atoms with E-state index in [1.807, 2.05) is 67.3 Å². The molecule has 0 N–H and O–H groups in total. The fraction of sp³-hybridized carbons (Fsp3) is 0.200. The van der Waals surface area contributed by atoms with Crippen LogP contribution in [0.4, 0.5) is 0 Å². The van der Waals surface area contributed by atoms with Crippen LogP contribution >= 0.6 is 7.14 Å². The lowest BCUT2D eigenvalue weighted by Crippen LogP contribution is -1.91. The Morgan fingerprint density at radius 3 is 1.47 bits per heavy atom. The normalized spacial score (nSPS) is 11.4. The summed E-state index contributed by atoms with van der Waals surface area (Å²) in [5, 5.41) is 0. The van der Waals surface area contributed by atoms with Gasteiger partial charge in [0.2, 0.25) is 0 Å². The Morgan fingerprint density at radius 1 is 0.765 bits per heavy atom. The SMILES string of the molecule is CP(=O)(Cc1ccccc1)Cc1ccccc1. The van der Waals surface area contributed by atoms with E-state index in [1.54, 1.807) is 0 Å². The molecule has 0 aliphatic carbocycles. The molecule has 0 unspecified atom stereocenters. The maximum atomic E-state index is 12.6. The van der Waals surface area contributed by atoms with Gasteiger partial charge in [-0.3, -0.25) is 0 Å². The highest BCUT2D eigenvalue weighted by Crippen LogP contribution is 2.48. The highest BCUT2D eigenvalue weighted by Gasteiger charge is 2.16.